The van der Waals surface area contributed by atoms with Crippen LogP contribution < -0.4 is 5.32 Å². The highest BCUT2D eigenvalue weighted by molar-refractivity contribution is 5.73. The van der Waals surface area contributed by atoms with E-state index in [1.54, 1.807) is 6.33 Å². The fourth-order valence-corrected chi connectivity index (χ4v) is 13.8. The molecule has 10 heteroatoms. The van der Waals surface area contributed by atoms with Crippen LogP contribution in [0.2, 0.25) is 0 Å². The Morgan fingerprint density at radius 2 is 1.76 bits per heavy atom. The second-order valence-electron chi connectivity index (χ2n) is 19.8. The van der Waals surface area contributed by atoms with Crippen molar-refractivity contribution in [3.63, 3.8) is 0 Å². The highest BCUT2D eigenvalue weighted by Gasteiger charge is 2.72. The first-order chi connectivity index (χ1) is 25.7. The summed E-state index contributed by atoms with van der Waals surface area (Å²) in [5.41, 5.74) is 1.10. The number of rotatable bonds is 9. The molecule has 2 saturated heterocycles. The van der Waals surface area contributed by atoms with Gasteiger partial charge in [-0.2, -0.15) is 5.10 Å². The first kappa shape index (κ1) is 38.2. The Morgan fingerprint density at radius 3 is 2.44 bits per heavy atom. The molecule has 0 aromatic carbocycles. The third kappa shape index (κ3) is 5.38. The summed E-state index contributed by atoms with van der Waals surface area (Å²) in [6.45, 7) is 19.7. The van der Waals surface area contributed by atoms with Crippen molar-refractivity contribution in [3.05, 3.63) is 42.5 Å². The molecule has 3 saturated carbocycles. The minimum absolute atomic E-state index is 0.0800. The molecular weight excluding hydrogens is 679 g/mol. The number of carbonyl (C=O) groups is 1. The Kier molecular flexibility index (Phi) is 9.54. The molecule has 296 valence electrons. The molecule has 0 amide bonds. The van der Waals surface area contributed by atoms with E-state index in [4.69, 9.17) is 24.3 Å². The van der Waals surface area contributed by atoms with E-state index in [1.165, 1.54) is 5.57 Å². The Balaban J connectivity index is 1.23. The highest BCUT2D eigenvalue weighted by atomic mass is 16.5. The summed E-state index contributed by atoms with van der Waals surface area (Å²) < 4.78 is 22.2. The molecule has 8 rings (SSSR count). The van der Waals surface area contributed by atoms with Crippen molar-refractivity contribution in [2.75, 3.05) is 40.1 Å². The van der Waals surface area contributed by atoms with Crippen LogP contribution in [0.4, 0.5) is 0 Å². The van der Waals surface area contributed by atoms with Crippen LogP contribution in [0.1, 0.15) is 106 Å². The zero-order valence-corrected chi connectivity index (χ0v) is 34.1. The second kappa shape index (κ2) is 13.5. The third-order valence-electron chi connectivity index (χ3n) is 17.4. The number of allylic oxidation sites excluding steroid dienone is 1. The summed E-state index contributed by atoms with van der Waals surface area (Å²) in [5.74, 6) is 1.19. The van der Waals surface area contributed by atoms with Crippen LogP contribution in [0.5, 0.6) is 0 Å². The van der Waals surface area contributed by atoms with Crippen molar-refractivity contribution < 1.29 is 24.1 Å². The number of nitrogens with one attached hydrogen (secondary N) is 1. The SMILES string of the molecule is CNC1(CO[C@H]2[C@H](n3ncnc3-c3ccncc3)C[C@@]34COCC2(C)[C@@H]3CC[C@H]2C4=CC[C@@]3(C)[C@H](C(=O)O)[C@@](C)([C@H](C)C(C)C)CC[C@]23C)CCOCC1. The van der Waals surface area contributed by atoms with E-state index in [-0.39, 0.29) is 44.8 Å². The maximum absolute atomic E-state index is 13.6. The monoisotopic (exact) mass is 743 g/mol. The van der Waals surface area contributed by atoms with Gasteiger partial charge in [-0.25, -0.2) is 9.67 Å². The van der Waals surface area contributed by atoms with Crippen LogP contribution in [-0.2, 0) is 19.0 Å². The van der Waals surface area contributed by atoms with Crippen LogP contribution in [0, 0.1) is 56.7 Å². The van der Waals surface area contributed by atoms with Crippen molar-refractivity contribution in [2.24, 2.45) is 56.7 Å². The number of carboxylic acids is 1. The average molecular weight is 744 g/mol. The van der Waals surface area contributed by atoms with Crippen LogP contribution >= 0.6 is 0 Å². The number of nitrogens with zero attached hydrogens (tertiary/aromatic N) is 4. The summed E-state index contributed by atoms with van der Waals surface area (Å²) in [6, 6.07) is 3.95. The predicted octanol–water partition coefficient (Wildman–Crippen LogP) is 7.62. The largest absolute Gasteiger partial charge is 0.481 e. The van der Waals surface area contributed by atoms with Crippen LogP contribution in [0.15, 0.2) is 42.5 Å². The quantitative estimate of drug-likeness (QED) is 0.250. The zero-order valence-electron chi connectivity index (χ0n) is 34.1. The lowest BCUT2D eigenvalue weighted by molar-refractivity contribution is -0.253. The van der Waals surface area contributed by atoms with Gasteiger partial charge in [-0.1, -0.05) is 60.1 Å². The number of hydrogen-bond donors (Lipinski definition) is 2. The molecule has 5 fully saturated rings. The maximum Gasteiger partial charge on any atom is 0.307 e. The molecule has 54 heavy (non-hydrogen) atoms. The Morgan fingerprint density at radius 1 is 1.02 bits per heavy atom. The second-order valence-corrected chi connectivity index (χ2v) is 19.8. The van der Waals surface area contributed by atoms with Gasteiger partial charge in [-0.3, -0.25) is 9.78 Å². The van der Waals surface area contributed by atoms with Gasteiger partial charge in [-0.15, -0.1) is 0 Å². The fourth-order valence-electron chi connectivity index (χ4n) is 13.8. The van der Waals surface area contributed by atoms with Gasteiger partial charge in [-0.05, 0) is 110 Å². The van der Waals surface area contributed by atoms with Crippen molar-refractivity contribution in [2.45, 2.75) is 118 Å². The van der Waals surface area contributed by atoms with E-state index in [0.29, 0.717) is 43.5 Å². The lowest BCUT2D eigenvalue weighted by atomic mass is 9.34. The maximum atomic E-state index is 13.6. The molecule has 4 heterocycles. The summed E-state index contributed by atoms with van der Waals surface area (Å²) in [5, 5.41) is 19.8. The molecule has 0 spiro atoms. The van der Waals surface area contributed by atoms with E-state index >= 15 is 0 Å². The molecule has 2 aromatic rings. The van der Waals surface area contributed by atoms with Crippen molar-refractivity contribution in [1.29, 1.82) is 0 Å². The van der Waals surface area contributed by atoms with E-state index in [9.17, 15) is 9.90 Å². The normalized spacial score (nSPS) is 41.9. The molecule has 2 aliphatic heterocycles. The van der Waals surface area contributed by atoms with Gasteiger partial charge in [0, 0.05) is 47.5 Å². The van der Waals surface area contributed by atoms with E-state index in [0.717, 1.165) is 76.0 Å². The van der Waals surface area contributed by atoms with Crippen molar-refractivity contribution in [1.82, 2.24) is 25.1 Å². The fraction of sp³-hybridized carbons (Fsp3) is 0.773. The number of hydrogen-bond acceptors (Lipinski definition) is 8. The lowest BCUT2D eigenvalue weighted by Crippen LogP contribution is -2.69. The zero-order chi connectivity index (χ0) is 38.3. The predicted molar refractivity (Wildman–Crippen MR) is 207 cm³/mol. The molecule has 1 unspecified atom stereocenters. The van der Waals surface area contributed by atoms with Gasteiger partial charge in [0.05, 0.1) is 37.9 Å². The van der Waals surface area contributed by atoms with Crippen LogP contribution in [0.25, 0.3) is 11.4 Å². The van der Waals surface area contributed by atoms with Gasteiger partial charge in [0.2, 0.25) is 0 Å². The topological polar surface area (TPSA) is 121 Å². The molecule has 11 atom stereocenters. The standard InChI is InChI=1S/C44H65N5O5/c1-28(2)29(3)39(4)15-16-41(6)31-9-10-34-40(5)24-53-26-44(34,32(31)11-14-42(41,7)35(39)38(50)51)23-33(36(40)54-25-43(45-8)17-21-52-22-18-43)49-37(47-27-48-49)30-12-19-46-20-13-30/h11-13,19-20,27-29,31,33-36,45H,9-10,14-18,21-26H2,1-8H3,(H,50,51)/t29-,31+,33-,34+,35-,36+,39-,40?,41-,42+,44+/m1/s1. The molecule has 2 N–H and O–H groups in total. The smallest absolute Gasteiger partial charge is 0.307 e. The number of aromatic nitrogens is 4. The summed E-state index contributed by atoms with van der Waals surface area (Å²) in [7, 11) is 2.06. The van der Waals surface area contributed by atoms with Crippen LogP contribution in [0.3, 0.4) is 0 Å². The van der Waals surface area contributed by atoms with Gasteiger partial charge in [0.1, 0.15) is 6.33 Å². The molecule has 4 aliphatic carbocycles. The summed E-state index contributed by atoms with van der Waals surface area (Å²) in [6.07, 6.45) is 15.3. The molecule has 2 aromatic heterocycles. The number of carboxylic acid groups (broad SMARTS) is 1. The number of aliphatic carboxylic acids is 1. The number of pyridine rings is 1. The van der Waals surface area contributed by atoms with Crippen molar-refractivity contribution in [3.8, 4) is 11.4 Å². The molecule has 2 bridgehead atoms. The summed E-state index contributed by atoms with van der Waals surface area (Å²) in [4.78, 5) is 22.7. The molecule has 6 aliphatic rings. The van der Waals surface area contributed by atoms with E-state index in [1.807, 2.05) is 24.5 Å². The first-order valence-corrected chi connectivity index (χ1v) is 20.9. The number of ether oxygens (including phenoxy) is 3. The minimum atomic E-state index is -0.618. The van der Waals surface area contributed by atoms with Crippen molar-refractivity contribution >= 4 is 5.97 Å². The third-order valence-corrected chi connectivity index (χ3v) is 17.4. The molecule has 10 nitrogen and oxygen atoms in total. The van der Waals surface area contributed by atoms with Gasteiger partial charge in [0.15, 0.2) is 5.82 Å². The minimum Gasteiger partial charge on any atom is -0.481 e. The molecular formula is C44H65N5O5. The first-order valence-electron chi connectivity index (χ1n) is 20.9. The number of likely N-dealkylation sites (N-methyl/N-ethyl adjacent to an activating group) is 1. The van der Waals surface area contributed by atoms with Gasteiger partial charge in [0.25, 0.3) is 0 Å². The summed E-state index contributed by atoms with van der Waals surface area (Å²) >= 11 is 0. The van der Waals surface area contributed by atoms with Crippen LogP contribution in [-0.4, -0.2) is 82.5 Å². The number of fused-ring (bicyclic) bond motifs is 3. The van der Waals surface area contributed by atoms with Gasteiger partial charge >= 0.3 is 5.97 Å². The Bertz CT molecular complexity index is 1740. The van der Waals surface area contributed by atoms with E-state index in [2.05, 4.69) is 76.6 Å². The molecule has 0 radical (unpaired) electrons. The average Bonchev–Trinajstić information content (AvgIpc) is 3.65. The Hall–Kier alpha value is -2.66. The van der Waals surface area contributed by atoms with E-state index < -0.39 is 11.9 Å². The lowest BCUT2D eigenvalue weighted by Gasteiger charge is -2.71. The van der Waals surface area contributed by atoms with Gasteiger partial charge < -0.3 is 24.6 Å². The Labute approximate surface area is 322 Å². The highest BCUT2D eigenvalue weighted by Crippen LogP contribution is 2.75.